The fraction of sp³-hybridized carbons (Fsp3) is 0.333. The molecule has 0 radical (unpaired) electrons. The number of carbonyl (C=O) groups is 2. The van der Waals surface area contributed by atoms with Crippen molar-refractivity contribution in [3.63, 3.8) is 0 Å². The van der Waals surface area contributed by atoms with Crippen LogP contribution in [-0.2, 0) is 39.6 Å². The van der Waals surface area contributed by atoms with Gasteiger partial charge in [-0.2, -0.15) is 0 Å². The second kappa shape index (κ2) is 18.3. The summed E-state index contributed by atoms with van der Waals surface area (Å²) in [4.78, 5) is 32.8. The molecule has 8 heteroatoms. The molecule has 4 aromatic carbocycles. The van der Waals surface area contributed by atoms with Gasteiger partial charge in [-0.15, -0.1) is 0 Å². The number of hydrogen-bond acceptors (Lipinski definition) is 7. The zero-order valence-electron chi connectivity index (χ0n) is 28.0. The zero-order valence-corrected chi connectivity index (χ0v) is 28.8. The molecular weight excluding hydrogens is 609 g/mol. The molecule has 2 atom stereocenters. The van der Waals surface area contributed by atoms with Crippen LogP contribution >= 0.6 is 11.8 Å². The molecular formula is C39H46N2O5S. The number of amides is 1. The van der Waals surface area contributed by atoms with E-state index in [2.05, 4.69) is 18.7 Å². The fourth-order valence-electron chi connectivity index (χ4n) is 5.65. The molecule has 0 aromatic heterocycles. The summed E-state index contributed by atoms with van der Waals surface area (Å²) >= 11 is 1.24. The Morgan fingerprint density at radius 1 is 0.660 bits per heavy atom. The third-order valence-electron chi connectivity index (χ3n) is 8.06. The highest BCUT2D eigenvalue weighted by molar-refractivity contribution is 8.13. The van der Waals surface area contributed by atoms with Gasteiger partial charge in [0.25, 0.3) is 0 Å². The van der Waals surface area contributed by atoms with Gasteiger partial charge in [0.05, 0.1) is 20.3 Å². The second-order valence-electron chi connectivity index (χ2n) is 11.8. The number of thioether (sulfide) groups is 1. The van der Waals surface area contributed by atoms with Crippen molar-refractivity contribution in [3.05, 3.63) is 131 Å². The van der Waals surface area contributed by atoms with Crippen molar-refractivity contribution in [1.82, 2.24) is 9.80 Å². The van der Waals surface area contributed by atoms with E-state index in [4.69, 9.17) is 14.2 Å². The lowest BCUT2D eigenvalue weighted by Gasteiger charge is -2.39. The first-order valence-electron chi connectivity index (χ1n) is 15.9. The number of nitrogens with zero attached hydrogens (tertiary/aromatic N) is 2. The quantitative estimate of drug-likeness (QED) is 0.111. The molecule has 0 bridgehead atoms. The maximum absolute atomic E-state index is 14.9. The molecule has 0 N–H and O–H groups in total. The number of methoxy groups -OCH3 is 3. The largest absolute Gasteiger partial charge is 0.497 e. The van der Waals surface area contributed by atoms with Gasteiger partial charge in [-0.05, 0) is 52.4 Å². The maximum Gasteiger partial charge on any atom is 0.242 e. The summed E-state index contributed by atoms with van der Waals surface area (Å²) < 4.78 is 16.4. The second-order valence-corrected chi connectivity index (χ2v) is 12.8. The van der Waals surface area contributed by atoms with E-state index in [1.54, 1.807) is 26.2 Å². The molecule has 7 nitrogen and oxygen atoms in total. The number of carbonyl (C=O) groups excluding carboxylic acids is 2. The molecule has 0 heterocycles. The summed E-state index contributed by atoms with van der Waals surface area (Å²) in [7, 11) is 4.86. The van der Waals surface area contributed by atoms with Gasteiger partial charge in [-0.25, -0.2) is 0 Å². The minimum atomic E-state index is -0.719. The van der Waals surface area contributed by atoms with E-state index in [0.29, 0.717) is 25.3 Å². The summed E-state index contributed by atoms with van der Waals surface area (Å²) in [5.74, 6) is 1.86. The van der Waals surface area contributed by atoms with Crippen LogP contribution in [0.5, 0.6) is 11.5 Å². The summed E-state index contributed by atoms with van der Waals surface area (Å²) in [5.41, 5.74) is 4.13. The molecule has 0 saturated heterocycles. The standard InChI is InChI=1S/C39H46N2O5S/c1-29(2)37(40(25-31-16-20-34(45-4)21-17-31)26-32-18-22-35(46-5)23-19-32)38(42)41(28-44-3)36(24-30-12-8-6-9-13-30)39(43)47-27-33-14-10-7-11-15-33/h6-23,29,36-37H,24-28H2,1-5H3/t36-,37-/m0/s1. The van der Waals surface area contributed by atoms with Gasteiger partial charge >= 0.3 is 0 Å². The molecule has 4 rings (SSSR count). The molecule has 0 fully saturated rings. The Bertz CT molecular complexity index is 1470. The lowest BCUT2D eigenvalue weighted by atomic mass is 9.97. The predicted octanol–water partition coefficient (Wildman–Crippen LogP) is 7.23. The Morgan fingerprint density at radius 2 is 1.15 bits per heavy atom. The monoisotopic (exact) mass is 654 g/mol. The van der Waals surface area contributed by atoms with E-state index >= 15 is 0 Å². The van der Waals surface area contributed by atoms with Crippen LogP contribution < -0.4 is 9.47 Å². The van der Waals surface area contributed by atoms with Crippen molar-refractivity contribution in [2.24, 2.45) is 5.92 Å². The van der Waals surface area contributed by atoms with Gasteiger partial charge < -0.3 is 19.1 Å². The normalized spacial score (nSPS) is 12.5. The van der Waals surface area contributed by atoms with E-state index in [-0.39, 0.29) is 23.7 Å². The highest BCUT2D eigenvalue weighted by atomic mass is 32.2. The minimum absolute atomic E-state index is 0.00387. The first-order chi connectivity index (χ1) is 22.8. The number of benzene rings is 4. The number of ether oxygens (including phenoxy) is 3. The van der Waals surface area contributed by atoms with E-state index in [1.165, 1.54) is 11.8 Å². The zero-order chi connectivity index (χ0) is 33.6. The first-order valence-corrected chi connectivity index (χ1v) is 16.8. The molecule has 0 spiro atoms. The van der Waals surface area contributed by atoms with Crippen molar-refractivity contribution >= 4 is 22.8 Å². The van der Waals surface area contributed by atoms with Crippen molar-refractivity contribution in [3.8, 4) is 11.5 Å². The van der Waals surface area contributed by atoms with Crippen LogP contribution in [0, 0.1) is 5.92 Å². The van der Waals surface area contributed by atoms with Crippen LogP contribution in [0.25, 0.3) is 0 Å². The Morgan fingerprint density at radius 3 is 1.60 bits per heavy atom. The van der Waals surface area contributed by atoms with E-state index in [1.807, 2.05) is 109 Å². The molecule has 4 aromatic rings. The molecule has 0 saturated carbocycles. The van der Waals surface area contributed by atoms with Gasteiger partial charge in [0.2, 0.25) is 11.0 Å². The van der Waals surface area contributed by atoms with Gasteiger partial charge in [0.15, 0.2) is 0 Å². The fourth-order valence-corrected chi connectivity index (χ4v) is 6.55. The predicted molar refractivity (Wildman–Crippen MR) is 189 cm³/mol. The van der Waals surface area contributed by atoms with Crippen LogP contribution in [0.3, 0.4) is 0 Å². The average Bonchev–Trinajstić information content (AvgIpc) is 3.10. The van der Waals surface area contributed by atoms with Crippen LogP contribution in [0.4, 0.5) is 0 Å². The molecule has 0 unspecified atom stereocenters. The smallest absolute Gasteiger partial charge is 0.242 e. The Balaban J connectivity index is 1.70. The lowest BCUT2D eigenvalue weighted by Crippen LogP contribution is -2.56. The van der Waals surface area contributed by atoms with Crippen molar-refractivity contribution < 1.29 is 23.8 Å². The Hall–Kier alpha value is -4.11. The van der Waals surface area contributed by atoms with Gasteiger partial charge in [-0.1, -0.05) is 111 Å². The highest BCUT2D eigenvalue weighted by Gasteiger charge is 2.38. The topological polar surface area (TPSA) is 68.3 Å². The van der Waals surface area contributed by atoms with E-state index < -0.39 is 12.1 Å². The summed E-state index contributed by atoms with van der Waals surface area (Å²) in [6.45, 7) is 5.15. The van der Waals surface area contributed by atoms with Crippen LogP contribution in [-0.4, -0.2) is 61.0 Å². The van der Waals surface area contributed by atoms with Gasteiger partial charge in [-0.3, -0.25) is 14.5 Å². The van der Waals surface area contributed by atoms with Crippen LogP contribution in [0.2, 0.25) is 0 Å². The van der Waals surface area contributed by atoms with Gasteiger partial charge in [0.1, 0.15) is 24.3 Å². The van der Waals surface area contributed by atoms with Gasteiger partial charge in [0, 0.05) is 32.4 Å². The minimum Gasteiger partial charge on any atom is -0.497 e. The molecule has 0 aliphatic heterocycles. The SMILES string of the molecule is COCN(C(=O)[C@H](C(C)C)N(Cc1ccc(OC)cc1)Cc1ccc(OC)cc1)[C@@H](Cc1ccccc1)C(=O)SCc1ccccc1. The van der Waals surface area contributed by atoms with Crippen LogP contribution in [0.1, 0.15) is 36.1 Å². The van der Waals surface area contributed by atoms with E-state index in [9.17, 15) is 9.59 Å². The lowest BCUT2D eigenvalue weighted by molar-refractivity contribution is -0.150. The third kappa shape index (κ3) is 10.4. The summed E-state index contributed by atoms with van der Waals surface area (Å²) in [6, 6.07) is 34.3. The van der Waals surface area contributed by atoms with Crippen molar-refractivity contribution in [2.45, 2.75) is 51.2 Å². The van der Waals surface area contributed by atoms with Crippen LogP contribution in [0.15, 0.2) is 109 Å². The molecule has 47 heavy (non-hydrogen) atoms. The van der Waals surface area contributed by atoms with E-state index in [0.717, 1.165) is 33.8 Å². The first kappa shape index (κ1) is 35.7. The van der Waals surface area contributed by atoms with Crippen molar-refractivity contribution in [2.75, 3.05) is 28.1 Å². The third-order valence-corrected chi connectivity index (χ3v) is 9.10. The molecule has 1 amide bonds. The Labute approximate surface area is 283 Å². The summed E-state index contributed by atoms with van der Waals surface area (Å²) in [5, 5.41) is -0.0672. The van der Waals surface area contributed by atoms with Crippen molar-refractivity contribution in [1.29, 1.82) is 0 Å². The maximum atomic E-state index is 14.9. The Kier molecular flexibility index (Phi) is 13.9. The highest BCUT2D eigenvalue weighted by Crippen LogP contribution is 2.26. The number of hydrogen-bond donors (Lipinski definition) is 0. The average molecular weight is 655 g/mol. The number of rotatable bonds is 17. The molecule has 248 valence electrons. The molecule has 0 aliphatic carbocycles. The molecule has 0 aliphatic rings. The summed E-state index contributed by atoms with van der Waals surface area (Å²) in [6.07, 6.45) is 0.387.